The van der Waals surface area contributed by atoms with Crippen LogP contribution in [0.25, 0.3) is 11.3 Å². The summed E-state index contributed by atoms with van der Waals surface area (Å²) in [4.78, 5) is 7.81. The van der Waals surface area contributed by atoms with E-state index in [0.29, 0.717) is 0 Å². The number of benzene rings is 1. The van der Waals surface area contributed by atoms with Gasteiger partial charge in [0.1, 0.15) is 5.82 Å². The maximum absolute atomic E-state index is 4.42. The van der Waals surface area contributed by atoms with Crippen molar-refractivity contribution in [2.45, 2.75) is 26.2 Å². The zero-order valence-corrected chi connectivity index (χ0v) is 11.2. The predicted octanol–water partition coefficient (Wildman–Crippen LogP) is 2.79. The average molecular weight is 243 g/mol. The third kappa shape index (κ3) is 3.20. The molecule has 96 valence electrons. The fourth-order valence-corrected chi connectivity index (χ4v) is 1.99. The van der Waals surface area contributed by atoms with Gasteiger partial charge < -0.3 is 10.3 Å². The van der Waals surface area contributed by atoms with Gasteiger partial charge in [-0.3, -0.25) is 0 Å². The standard InChI is InChI=1S/C15H21N3/c1-3-12-6-8-13(9-7-12)14-11-17-15(18-14)5-4-10-16-2/h6-9,11,16H,3-5,10H2,1-2H3,(H,17,18). The van der Waals surface area contributed by atoms with Crippen molar-refractivity contribution in [3.05, 3.63) is 41.9 Å². The van der Waals surface area contributed by atoms with Crippen molar-refractivity contribution < 1.29 is 0 Å². The van der Waals surface area contributed by atoms with E-state index < -0.39 is 0 Å². The molecule has 18 heavy (non-hydrogen) atoms. The quantitative estimate of drug-likeness (QED) is 0.766. The van der Waals surface area contributed by atoms with E-state index in [4.69, 9.17) is 0 Å². The van der Waals surface area contributed by atoms with Gasteiger partial charge in [0.2, 0.25) is 0 Å². The van der Waals surface area contributed by atoms with Crippen LogP contribution in [-0.4, -0.2) is 23.6 Å². The second-order valence-corrected chi connectivity index (χ2v) is 4.50. The smallest absolute Gasteiger partial charge is 0.106 e. The topological polar surface area (TPSA) is 40.7 Å². The molecule has 1 aromatic carbocycles. The lowest BCUT2D eigenvalue weighted by Crippen LogP contribution is -2.08. The van der Waals surface area contributed by atoms with E-state index in [2.05, 4.69) is 46.5 Å². The van der Waals surface area contributed by atoms with Crippen LogP contribution in [0.1, 0.15) is 24.7 Å². The van der Waals surface area contributed by atoms with Gasteiger partial charge in [-0.2, -0.15) is 0 Å². The van der Waals surface area contributed by atoms with Gasteiger partial charge in [-0.05, 0) is 37.6 Å². The monoisotopic (exact) mass is 243 g/mol. The largest absolute Gasteiger partial charge is 0.342 e. The Kier molecular flexibility index (Phi) is 4.53. The number of H-pyrrole nitrogens is 1. The van der Waals surface area contributed by atoms with Crippen LogP contribution < -0.4 is 5.32 Å². The summed E-state index contributed by atoms with van der Waals surface area (Å²) in [6.07, 6.45) is 5.11. The van der Waals surface area contributed by atoms with E-state index in [0.717, 1.165) is 37.3 Å². The van der Waals surface area contributed by atoms with E-state index in [1.807, 2.05) is 13.2 Å². The van der Waals surface area contributed by atoms with Crippen LogP contribution in [0.4, 0.5) is 0 Å². The van der Waals surface area contributed by atoms with Crippen LogP contribution in [0, 0.1) is 0 Å². The summed E-state index contributed by atoms with van der Waals surface area (Å²) in [5.74, 6) is 1.07. The van der Waals surface area contributed by atoms with E-state index in [9.17, 15) is 0 Å². The highest BCUT2D eigenvalue weighted by Gasteiger charge is 2.03. The van der Waals surface area contributed by atoms with Crippen molar-refractivity contribution >= 4 is 0 Å². The first-order valence-corrected chi connectivity index (χ1v) is 6.61. The summed E-state index contributed by atoms with van der Waals surface area (Å²) in [5.41, 5.74) is 3.68. The number of hydrogen-bond acceptors (Lipinski definition) is 2. The molecule has 0 aliphatic carbocycles. The first-order chi connectivity index (χ1) is 8.83. The first-order valence-electron chi connectivity index (χ1n) is 6.61. The fourth-order valence-electron chi connectivity index (χ4n) is 1.99. The van der Waals surface area contributed by atoms with Gasteiger partial charge in [-0.15, -0.1) is 0 Å². The summed E-state index contributed by atoms with van der Waals surface area (Å²) in [7, 11) is 1.98. The molecule has 2 rings (SSSR count). The third-order valence-corrected chi connectivity index (χ3v) is 3.14. The highest BCUT2D eigenvalue weighted by Crippen LogP contribution is 2.18. The van der Waals surface area contributed by atoms with Gasteiger partial charge in [0, 0.05) is 6.42 Å². The van der Waals surface area contributed by atoms with E-state index in [1.165, 1.54) is 11.1 Å². The number of hydrogen-bond donors (Lipinski definition) is 2. The Hall–Kier alpha value is -1.61. The second kappa shape index (κ2) is 6.36. The number of aromatic nitrogens is 2. The lowest BCUT2D eigenvalue weighted by molar-refractivity contribution is 0.707. The highest BCUT2D eigenvalue weighted by atomic mass is 14.9. The summed E-state index contributed by atoms with van der Waals surface area (Å²) >= 11 is 0. The summed E-state index contributed by atoms with van der Waals surface area (Å²) < 4.78 is 0. The first kappa shape index (κ1) is 12.8. The SMILES string of the molecule is CCc1ccc(-c2cnc(CCCNC)[nH]2)cc1. The summed E-state index contributed by atoms with van der Waals surface area (Å²) in [5, 5.41) is 3.15. The summed E-state index contributed by atoms with van der Waals surface area (Å²) in [6.45, 7) is 3.20. The molecule has 0 aliphatic heterocycles. The molecule has 2 N–H and O–H groups in total. The van der Waals surface area contributed by atoms with Crippen LogP contribution in [-0.2, 0) is 12.8 Å². The maximum atomic E-state index is 4.42. The van der Waals surface area contributed by atoms with Crippen molar-refractivity contribution in [3.8, 4) is 11.3 Å². The molecule has 1 heterocycles. The molecule has 0 bridgehead atoms. The molecule has 0 radical (unpaired) electrons. The Labute approximate surface area is 109 Å². The minimum Gasteiger partial charge on any atom is -0.342 e. The molecular formula is C15H21N3. The number of rotatable bonds is 6. The zero-order valence-electron chi connectivity index (χ0n) is 11.2. The van der Waals surface area contributed by atoms with Crippen LogP contribution in [0.3, 0.4) is 0 Å². The Morgan fingerprint density at radius 2 is 2.00 bits per heavy atom. The molecule has 0 fully saturated rings. The van der Waals surface area contributed by atoms with Gasteiger partial charge >= 0.3 is 0 Å². The molecular weight excluding hydrogens is 222 g/mol. The van der Waals surface area contributed by atoms with Crippen molar-refractivity contribution in [1.29, 1.82) is 0 Å². The molecule has 1 aromatic heterocycles. The third-order valence-electron chi connectivity index (χ3n) is 3.14. The molecule has 2 aromatic rings. The van der Waals surface area contributed by atoms with Gasteiger partial charge in [0.15, 0.2) is 0 Å². The van der Waals surface area contributed by atoms with E-state index in [1.54, 1.807) is 0 Å². The molecule has 0 saturated heterocycles. The normalized spacial score (nSPS) is 10.8. The van der Waals surface area contributed by atoms with Crippen molar-refractivity contribution in [3.63, 3.8) is 0 Å². The van der Waals surface area contributed by atoms with Crippen molar-refractivity contribution in [2.75, 3.05) is 13.6 Å². The van der Waals surface area contributed by atoms with Gasteiger partial charge in [-0.1, -0.05) is 31.2 Å². The number of imidazole rings is 1. The minimum atomic E-state index is 0.994. The molecule has 0 saturated carbocycles. The Bertz CT molecular complexity index is 471. The molecule has 0 aliphatic rings. The number of aromatic amines is 1. The van der Waals surface area contributed by atoms with Crippen LogP contribution in [0.2, 0.25) is 0 Å². The molecule has 0 unspecified atom stereocenters. The van der Waals surface area contributed by atoms with Crippen LogP contribution in [0.5, 0.6) is 0 Å². The summed E-state index contributed by atoms with van der Waals surface area (Å²) in [6, 6.07) is 8.67. The van der Waals surface area contributed by atoms with Crippen LogP contribution >= 0.6 is 0 Å². The van der Waals surface area contributed by atoms with E-state index in [-0.39, 0.29) is 0 Å². The van der Waals surface area contributed by atoms with E-state index >= 15 is 0 Å². The molecule has 0 atom stereocenters. The molecule has 3 nitrogen and oxygen atoms in total. The second-order valence-electron chi connectivity index (χ2n) is 4.50. The number of nitrogens with zero attached hydrogens (tertiary/aromatic N) is 1. The maximum Gasteiger partial charge on any atom is 0.106 e. The van der Waals surface area contributed by atoms with Crippen molar-refractivity contribution in [1.82, 2.24) is 15.3 Å². The Morgan fingerprint density at radius 3 is 2.67 bits per heavy atom. The average Bonchev–Trinajstić information content (AvgIpc) is 2.88. The Balaban J connectivity index is 2.04. The van der Waals surface area contributed by atoms with Crippen LogP contribution in [0.15, 0.2) is 30.5 Å². The molecule has 0 spiro atoms. The molecule has 3 heteroatoms. The lowest BCUT2D eigenvalue weighted by Gasteiger charge is -2.00. The highest BCUT2D eigenvalue weighted by molar-refractivity contribution is 5.58. The van der Waals surface area contributed by atoms with Gasteiger partial charge in [-0.25, -0.2) is 4.98 Å². The molecule has 0 amide bonds. The number of nitrogens with one attached hydrogen (secondary N) is 2. The van der Waals surface area contributed by atoms with Gasteiger partial charge in [0.05, 0.1) is 11.9 Å². The fraction of sp³-hybridized carbons (Fsp3) is 0.400. The van der Waals surface area contributed by atoms with Gasteiger partial charge in [0.25, 0.3) is 0 Å². The predicted molar refractivity (Wildman–Crippen MR) is 75.6 cm³/mol. The zero-order chi connectivity index (χ0) is 12.8. The Morgan fingerprint density at radius 1 is 1.22 bits per heavy atom. The lowest BCUT2D eigenvalue weighted by atomic mass is 10.1. The minimum absolute atomic E-state index is 0.994. The van der Waals surface area contributed by atoms with Crippen molar-refractivity contribution in [2.24, 2.45) is 0 Å². The number of aryl methyl sites for hydroxylation is 2.